The van der Waals surface area contributed by atoms with Gasteiger partial charge in [0.15, 0.2) is 5.75 Å². The van der Waals surface area contributed by atoms with Gasteiger partial charge in [0.25, 0.3) is 5.91 Å². The second-order valence-electron chi connectivity index (χ2n) is 5.08. The molecule has 3 N–H and O–H groups in total. The van der Waals surface area contributed by atoms with E-state index >= 15 is 0 Å². The number of nitriles is 1. The quantitative estimate of drug-likeness (QED) is 0.552. The number of ether oxygens (including phenoxy) is 1. The third kappa shape index (κ3) is 5.34. The van der Waals surface area contributed by atoms with Crippen LogP contribution in [0.5, 0.6) is 5.75 Å². The van der Waals surface area contributed by atoms with Gasteiger partial charge in [0, 0.05) is 0 Å². The first-order chi connectivity index (χ1) is 12.4. The van der Waals surface area contributed by atoms with Gasteiger partial charge in [-0.3, -0.25) is 10.1 Å². The maximum absolute atomic E-state index is 11.7. The molecule has 0 spiro atoms. The number of hydrogen-bond acceptors (Lipinski definition) is 4. The van der Waals surface area contributed by atoms with E-state index in [1.807, 2.05) is 35.6 Å². The van der Waals surface area contributed by atoms with Gasteiger partial charge in [-0.2, -0.15) is 5.26 Å². The third-order valence-electron chi connectivity index (χ3n) is 3.16. The van der Waals surface area contributed by atoms with Gasteiger partial charge >= 0.3 is 6.03 Å². The number of primary amides is 1. The average molecular weight is 435 g/mol. The zero-order valence-corrected chi connectivity index (χ0v) is 15.7. The lowest BCUT2D eigenvalue weighted by Crippen LogP contribution is -2.35. The van der Waals surface area contributed by atoms with E-state index in [2.05, 4.69) is 15.9 Å². The predicted molar refractivity (Wildman–Crippen MR) is 101 cm³/mol. The van der Waals surface area contributed by atoms with E-state index in [-0.39, 0.29) is 5.57 Å². The number of carbonyl (C=O) groups is 2. The SMILES string of the molecule is N#C/C(=C/c1cc(Cl)c(OCc2ccccc2)c(Br)c1)C(=O)NC(N)=O. The molecule has 0 aliphatic carbocycles. The van der Waals surface area contributed by atoms with Gasteiger partial charge in [0.2, 0.25) is 0 Å². The fourth-order valence-corrected chi connectivity index (χ4v) is 3.01. The van der Waals surface area contributed by atoms with E-state index in [4.69, 9.17) is 27.3 Å². The van der Waals surface area contributed by atoms with Crippen LogP contribution in [0.2, 0.25) is 5.02 Å². The number of hydrogen-bond donors (Lipinski definition) is 2. The van der Waals surface area contributed by atoms with E-state index in [0.29, 0.717) is 27.4 Å². The van der Waals surface area contributed by atoms with Gasteiger partial charge in [-0.25, -0.2) is 4.79 Å². The zero-order chi connectivity index (χ0) is 19.1. The number of halogens is 2. The molecule has 8 heteroatoms. The van der Waals surface area contributed by atoms with E-state index in [9.17, 15) is 9.59 Å². The Balaban J connectivity index is 2.22. The van der Waals surface area contributed by atoms with Gasteiger partial charge in [-0.05, 0) is 45.3 Å². The molecule has 0 saturated carbocycles. The number of urea groups is 1. The normalized spacial score (nSPS) is 10.7. The highest BCUT2D eigenvalue weighted by Crippen LogP contribution is 2.35. The van der Waals surface area contributed by atoms with Crippen LogP contribution in [0, 0.1) is 11.3 Å². The molecule has 0 saturated heterocycles. The first-order valence-electron chi connectivity index (χ1n) is 7.29. The Morgan fingerprint density at radius 2 is 2.00 bits per heavy atom. The minimum atomic E-state index is -1.04. The van der Waals surface area contributed by atoms with Crippen LogP contribution in [0.3, 0.4) is 0 Å². The Hall–Kier alpha value is -2.82. The van der Waals surface area contributed by atoms with Crippen LogP contribution in [-0.4, -0.2) is 11.9 Å². The Kier molecular flexibility index (Phi) is 6.78. The monoisotopic (exact) mass is 433 g/mol. The molecule has 0 fully saturated rings. The highest BCUT2D eigenvalue weighted by Gasteiger charge is 2.13. The van der Waals surface area contributed by atoms with Crippen molar-refractivity contribution in [1.29, 1.82) is 5.26 Å². The van der Waals surface area contributed by atoms with Crippen LogP contribution in [0.1, 0.15) is 11.1 Å². The second kappa shape index (κ2) is 9.04. The number of nitrogens with two attached hydrogens (primary N) is 1. The lowest BCUT2D eigenvalue weighted by atomic mass is 10.1. The van der Waals surface area contributed by atoms with E-state index in [1.165, 1.54) is 6.08 Å². The molecule has 3 amide bonds. The fraction of sp³-hybridized carbons (Fsp3) is 0.0556. The highest BCUT2D eigenvalue weighted by molar-refractivity contribution is 9.10. The summed E-state index contributed by atoms with van der Waals surface area (Å²) in [6, 6.07) is 13.4. The van der Waals surface area contributed by atoms with Crippen LogP contribution >= 0.6 is 27.5 Å². The van der Waals surface area contributed by atoms with Crippen molar-refractivity contribution in [1.82, 2.24) is 5.32 Å². The maximum Gasteiger partial charge on any atom is 0.319 e. The average Bonchev–Trinajstić information content (AvgIpc) is 2.59. The van der Waals surface area contributed by atoms with Crippen molar-refractivity contribution in [2.24, 2.45) is 5.73 Å². The molecule has 0 radical (unpaired) electrons. The molecule has 26 heavy (non-hydrogen) atoms. The molecule has 0 aromatic heterocycles. The number of nitrogens with one attached hydrogen (secondary N) is 1. The molecule has 0 aliphatic heterocycles. The lowest BCUT2D eigenvalue weighted by molar-refractivity contribution is -0.115. The number of rotatable bonds is 5. The number of amides is 3. The van der Waals surface area contributed by atoms with Crippen LogP contribution in [0.25, 0.3) is 6.08 Å². The Labute approximate surface area is 163 Å². The molecule has 132 valence electrons. The molecular formula is C18H13BrClN3O3. The molecule has 0 heterocycles. The Morgan fingerprint density at radius 3 is 2.58 bits per heavy atom. The van der Waals surface area contributed by atoms with Crippen molar-refractivity contribution in [3.05, 3.63) is 68.7 Å². The number of carbonyl (C=O) groups excluding carboxylic acids is 2. The summed E-state index contributed by atoms with van der Waals surface area (Å²) in [6.45, 7) is 0.332. The van der Waals surface area contributed by atoms with Crippen molar-refractivity contribution < 1.29 is 14.3 Å². The largest absolute Gasteiger partial charge is 0.486 e. The van der Waals surface area contributed by atoms with Crippen LogP contribution in [0.4, 0.5) is 4.79 Å². The summed E-state index contributed by atoms with van der Waals surface area (Å²) in [4.78, 5) is 22.4. The number of benzene rings is 2. The van der Waals surface area contributed by atoms with Gasteiger partial charge in [0.05, 0.1) is 9.50 Å². The van der Waals surface area contributed by atoms with Gasteiger partial charge < -0.3 is 10.5 Å². The van der Waals surface area contributed by atoms with Crippen LogP contribution in [0.15, 0.2) is 52.5 Å². The molecule has 2 aromatic carbocycles. The number of nitrogens with zero attached hydrogens (tertiary/aromatic N) is 1. The molecule has 6 nitrogen and oxygen atoms in total. The molecule has 0 atom stereocenters. The maximum atomic E-state index is 11.7. The van der Waals surface area contributed by atoms with Crippen molar-refractivity contribution in [3.8, 4) is 11.8 Å². The van der Waals surface area contributed by atoms with Crippen molar-refractivity contribution in [3.63, 3.8) is 0 Å². The van der Waals surface area contributed by atoms with E-state index in [1.54, 1.807) is 18.2 Å². The summed E-state index contributed by atoms with van der Waals surface area (Å²) >= 11 is 9.61. The van der Waals surface area contributed by atoms with Gasteiger partial charge in [-0.15, -0.1) is 0 Å². The van der Waals surface area contributed by atoms with E-state index in [0.717, 1.165) is 5.56 Å². The van der Waals surface area contributed by atoms with Crippen molar-refractivity contribution in [2.45, 2.75) is 6.61 Å². The predicted octanol–water partition coefficient (Wildman–Crippen LogP) is 3.78. The topological polar surface area (TPSA) is 105 Å². The fourth-order valence-electron chi connectivity index (χ4n) is 2.02. The summed E-state index contributed by atoms with van der Waals surface area (Å²) in [5, 5.41) is 11.2. The van der Waals surface area contributed by atoms with Gasteiger partial charge in [-0.1, -0.05) is 41.9 Å². The smallest absolute Gasteiger partial charge is 0.319 e. The lowest BCUT2D eigenvalue weighted by Gasteiger charge is -2.11. The zero-order valence-electron chi connectivity index (χ0n) is 13.3. The molecule has 0 bridgehead atoms. The molecular weight excluding hydrogens is 422 g/mol. The van der Waals surface area contributed by atoms with Crippen LogP contribution in [-0.2, 0) is 11.4 Å². The first kappa shape index (κ1) is 19.5. The van der Waals surface area contributed by atoms with Crippen molar-refractivity contribution >= 4 is 45.5 Å². The standard InChI is InChI=1S/C18H13BrClN3O3/c19-14-7-12(6-13(9-21)17(24)23-18(22)25)8-15(20)16(14)26-10-11-4-2-1-3-5-11/h1-8H,10H2,(H3,22,23,24,25)/b13-6-. The van der Waals surface area contributed by atoms with Crippen molar-refractivity contribution in [2.75, 3.05) is 0 Å². The van der Waals surface area contributed by atoms with Crippen LogP contribution < -0.4 is 15.8 Å². The summed E-state index contributed by atoms with van der Waals surface area (Å²) in [6.07, 6.45) is 1.29. The second-order valence-corrected chi connectivity index (χ2v) is 6.34. The Bertz CT molecular complexity index is 885. The van der Waals surface area contributed by atoms with E-state index < -0.39 is 11.9 Å². The summed E-state index contributed by atoms with van der Waals surface area (Å²) < 4.78 is 6.29. The minimum absolute atomic E-state index is 0.287. The summed E-state index contributed by atoms with van der Waals surface area (Å²) in [5.41, 5.74) is 6.05. The number of imide groups is 1. The molecule has 0 unspecified atom stereocenters. The van der Waals surface area contributed by atoms with Gasteiger partial charge in [0.1, 0.15) is 18.2 Å². The summed E-state index contributed by atoms with van der Waals surface area (Å²) in [7, 11) is 0. The first-order valence-corrected chi connectivity index (χ1v) is 8.46. The third-order valence-corrected chi connectivity index (χ3v) is 4.03. The minimum Gasteiger partial charge on any atom is -0.486 e. The molecule has 0 aliphatic rings. The highest BCUT2D eigenvalue weighted by atomic mass is 79.9. The Morgan fingerprint density at radius 1 is 1.31 bits per heavy atom. The molecule has 2 rings (SSSR count). The summed E-state index contributed by atoms with van der Waals surface area (Å²) in [5.74, 6) is -0.454. The molecule has 2 aromatic rings.